The quantitative estimate of drug-likeness (QED) is 0.0357. The summed E-state index contributed by atoms with van der Waals surface area (Å²) in [5.41, 5.74) is 8.80. The Hall–Kier alpha value is -8.02. The Balaban J connectivity index is 0.889. The van der Waals surface area contributed by atoms with Crippen LogP contribution in [0.5, 0.6) is 34.5 Å². The van der Waals surface area contributed by atoms with Crippen LogP contribution in [0.1, 0.15) is 152 Å². The Morgan fingerprint density at radius 2 is 0.952 bits per heavy atom. The summed E-state index contributed by atoms with van der Waals surface area (Å²) < 4.78 is 35.1. The Morgan fingerprint density at radius 1 is 0.595 bits per heavy atom. The van der Waals surface area contributed by atoms with Gasteiger partial charge in [-0.05, 0) is 39.8 Å². The Bertz CT molecular complexity index is 3330. The van der Waals surface area contributed by atoms with Crippen LogP contribution in [0.15, 0.2) is 58.8 Å². The van der Waals surface area contributed by atoms with Crippen LogP contribution >= 0.6 is 0 Å². The van der Waals surface area contributed by atoms with Gasteiger partial charge in [-0.1, -0.05) is 24.3 Å². The third-order valence-corrected chi connectivity index (χ3v) is 16.7. The second-order valence-electron chi connectivity index (χ2n) is 21.8. The molecule has 4 aliphatic carbocycles. The van der Waals surface area contributed by atoms with Crippen LogP contribution < -0.4 is 31.8 Å². The van der Waals surface area contributed by atoms with E-state index in [1.54, 1.807) is 13.8 Å². The van der Waals surface area contributed by atoms with Crippen molar-refractivity contribution in [2.45, 2.75) is 139 Å². The van der Waals surface area contributed by atoms with E-state index in [2.05, 4.69) is 21.1 Å². The number of nitrogens with one attached hydrogen (secondary N) is 2. The molecule has 4 aromatic carbocycles. The topological polar surface area (TPSA) is 420 Å². The van der Waals surface area contributed by atoms with E-state index < -0.39 is 178 Å². The number of phenolic OH excluding ortho intramolecular Hbond substituents is 4. The lowest BCUT2D eigenvalue weighted by Crippen LogP contribution is -2.52. The van der Waals surface area contributed by atoms with Crippen LogP contribution in [0.3, 0.4) is 0 Å². The number of benzene rings is 4. The zero-order valence-corrected chi connectivity index (χ0v) is 46.2. The summed E-state index contributed by atoms with van der Waals surface area (Å²) in [7, 11) is 2.59. The third-order valence-electron chi connectivity index (χ3n) is 16.7. The van der Waals surface area contributed by atoms with Gasteiger partial charge in [0.05, 0.1) is 95.6 Å². The van der Waals surface area contributed by atoms with E-state index in [1.807, 2.05) is 0 Å². The molecule has 2 fully saturated rings. The van der Waals surface area contributed by atoms with Crippen molar-refractivity contribution in [3.8, 4) is 34.5 Å². The molecule has 0 aromatic heterocycles. The lowest BCUT2D eigenvalue weighted by molar-refractivity contribution is -0.246. The van der Waals surface area contributed by atoms with Crippen LogP contribution in [0.4, 0.5) is 0 Å². The average Bonchev–Trinajstić information content (AvgIpc) is 1.31. The maximum Gasteiger partial charge on any atom is 0.264 e. The molecule has 10 rings (SSSR count). The maximum atomic E-state index is 14.2. The number of phenols is 4. The van der Waals surface area contributed by atoms with E-state index in [9.17, 15) is 69.6 Å². The molecular formula is C58H62N6O20. The minimum atomic E-state index is -2.14. The number of hydrogen-bond acceptors (Lipinski definition) is 24. The number of methoxy groups -OCH3 is 2. The zero-order valence-electron chi connectivity index (χ0n) is 46.2. The first kappa shape index (κ1) is 59.2. The lowest BCUT2D eigenvalue weighted by atomic mass is 9.71. The fourth-order valence-corrected chi connectivity index (χ4v) is 12.0. The number of aliphatic hydroxyl groups is 4. The highest BCUT2D eigenvalue weighted by atomic mass is 16.7. The number of hydrazone groups is 2. The molecule has 0 bridgehead atoms. The van der Waals surface area contributed by atoms with Gasteiger partial charge in [-0.2, -0.15) is 10.2 Å². The van der Waals surface area contributed by atoms with Gasteiger partial charge in [0.2, 0.25) is 11.6 Å². The first-order valence-corrected chi connectivity index (χ1v) is 26.8. The predicted octanol–water partition coefficient (Wildman–Crippen LogP) is 1.43. The van der Waals surface area contributed by atoms with Gasteiger partial charge in [-0.25, -0.2) is 10.9 Å². The number of nitrogens with zero attached hydrogens (tertiary/aromatic N) is 2. The molecule has 2 amide bonds. The van der Waals surface area contributed by atoms with Crippen LogP contribution in [0.2, 0.25) is 0 Å². The second-order valence-corrected chi connectivity index (χ2v) is 21.8. The smallest absolute Gasteiger partial charge is 0.264 e. The largest absolute Gasteiger partial charge is 0.507 e. The molecule has 26 heteroatoms. The van der Waals surface area contributed by atoms with Crippen LogP contribution in [0.25, 0.3) is 0 Å². The molecule has 0 saturated carbocycles. The summed E-state index contributed by atoms with van der Waals surface area (Å²) in [5.74, 6) is -8.17. The Labute approximate surface area is 478 Å². The Kier molecular flexibility index (Phi) is 15.6. The van der Waals surface area contributed by atoms with Crippen molar-refractivity contribution in [1.29, 1.82) is 0 Å². The standard InChI is InChI=1S/C58H62N6O20/c1-21-47(67)29(59)15-37(81-21)83-33-19-57(77,17-27-41(33)55(75)45-43(51(27)71)49(69)25-9-7-11-31(79-5)39(25)53(45)73)23(3)61-63-35(65)13-14-36(66)64-62-24(4)58(78)18-28-42(34(20-58)84-38-16-30(60)48(68)22(2)82-38)56(76)46-44(52(28)72)50(70)26-10-8-12-32(80-6)40(26)54(46)74/h7-14,21-22,29-30,33-34,37-38,47-48,67-68,71-72,75-78H,15-20,59-60H2,1-6H3,(H,63,65)(H,64,66). The van der Waals surface area contributed by atoms with Crippen molar-refractivity contribution in [3.63, 3.8) is 0 Å². The summed E-state index contributed by atoms with van der Waals surface area (Å²) in [5, 5.41) is 102. The van der Waals surface area contributed by atoms with Crippen molar-refractivity contribution < 1.29 is 98.0 Å². The molecule has 12 unspecified atom stereocenters. The number of aromatic hydroxyl groups is 4. The predicted molar refractivity (Wildman–Crippen MR) is 291 cm³/mol. The molecule has 12 atom stereocenters. The van der Waals surface area contributed by atoms with Crippen molar-refractivity contribution >= 4 is 46.4 Å². The monoisotopic (exact) mass is 1160 g/mol. The number of hydrogen-bond donors (Lipinski definition) is 12. The SMILES string of the molecule is COc1cccc2c1C(=O)c1c(O)c3c(c(O)c1C2=O)CC(O)(C(C)=NNC(=O)C=CC(=O)NN=C(C)C1(O)Cc2c(O)c4c(c(O)c2C(OC2CC(N)C(O)C(C)O2)C1)C(=O)c1c(OC)cccc1C4=O)CC3OC1CC(N)C(O)C(C)O1. The van der Waals surface area contributed by atoms with Gasteiger partial charge in [0, 0.05) is 96.1 Å². The fraction of sp³-hybridized carbons (Fsp3) is 0.414. The van der Waals surface area contributed by atoms with E-state index in [0.717, 1.165) is 12.2 Å². The number of ketones is 4. The van der Waals surface area contributed by atoms with Crippen molar-refractivity contribution in [2.24, 2.45) is 21.7 Å². The molecule has 2 aliphatic heterocycles. The van der Waals surface area contributed by atoms with E-state index in [0.29, 0.717) is 0 Å². The van der Waals surface area contributed by atoms with E-state index >= 15 is 0 Å². The van der Waals surface area contributed by atoms with E-state index in [-0.39, 0.29) is 80.3 Å². The molecule has 14 N–H and O–H groups in total. The van der Waals surface area contributed by atoms with Gasteiger partial charge in [-0.15, -0.1) is 0 Å². The van der Waals surface area contributed by atoms with E-state index in [4.69, 9.17) is 39.9 Å². The molecule has 0 radical (unpaired) electrons. The van der Waals surface area contributed by atoms with Gasteiger partial charge < -0.3 is 80.7 Å². The number of aliphatic hydroxyl groups excluding tert-OH is 2. The third kappa shape index (κ3) is 9.95. The number of ether oxygens (including phenoxy) is 6. The number of carbonyl (C=O) groups excluding carboxylic acids is 6. The number of amides is 2. The van der Waals surface area contributed by atoms with Gasteiger partial charge in [0.15, 0.2) is 24.1 Å². The minimum Gasteiger partial charge on any atom is -0.507 e. The number of rotatable bonds is 12. The Morgan fingerprint density at radius 3 is 1.30 bits per heavy atom. The summed E-state index contributed by atoms with van der Waals surface area (Å²) in [6.45, 7) is 5.76. The lowest BCUT2D eigenvalue weighted by Gasteiger charge is -2.42. The summed E-state index contributed by atoms with van der Waals surface area (Å²) in [6, 6.07) is 6.92. The number of fused-ring (bicyclic) bond motifs is 6. The maximum absolute atomic E-state index is 14.2. The summed E-state index contributed by atoms with van der Waals surface area (Å²) in [6.07, 6.45) is -9.60. The van der Waals surface area contributed by atoms with Crippen LogP contribution in [-0.2, 0) is 41.4 Å². The average molecular weight is 1160 g/mol. The van der Waals surface area contributed by atoms with Crippen LogP contribution in [0, 0.1) is 0 Å². The highest BCUT2D eigenvalue weighted by Crippen LogP contribution is 2.55. The first-order valence-electron chi connectivity index (χ1n) is 26.8. The van der Waals surface area contributed by atoms with Gasteiger partial charge in [0.1, 0.15) is 45.7 Å². The van der Waals surface area contributed by atoms with Crippen LogP contribution in [-0.4, -0.2) is 162 Å². The normalized spacial score (nSPS) is 29.2. The molecule has 2 saturated heterocycles. The van der Waals surface area contributed by atoms with Crippen molar-refractivity contribution in [2.75, 3.05) is 14.2 Å². The van der Waals surface area contributed by atoms with E-state index in [1.165, 1.54) is 64.5 Å². The molecule has 6 aliphatic rings. The highest BCUT2D eigenvalue weighted by Gasteiger charge is 2.51. The molecule has 26 nitrogen and oxygen atoms in total. The fourth-order valence-electron chi connectivity index (χ4n) is 12.0. The molecule has 0 spiro atoms. The number of nitrogens with two attached hydrogens (primary N) is 2. The molecule has 444 valence electrons. The minimum absolute atomic E-state index is 0.0405. The first-order chi connectivity index (χ1) is 39.7. The van der Waals surface area contributed by atoms with Gasteiger partial charge in [-0.3, -0.25) is 28.8 Å². The number of carbonyl (C=O) groups is 6. The zero-order chi connectivity index (χ0) is 60.8. The van der Waals surface area contributed by atoms with Crippen molar-refractivity contribution in [3.05, 3.63) is 115 Å². The van der Waals surface area contributed by atoms with Gasteiger partial charge in [0.25, 0.3) is 11.8 Å². The molecular weight excluding hydrogens is 1100 g/mol. The summed E-state index contributed by atoms with van der Waals surface area (Å²) >= 11 is 0. The van der Waals surface area contributed by atoms with Gasteiger partial charge >= 0.3 is 0 Å². The highest BCUT2D eigenvalue weighted by molar-refractivity contribution is 6.32. The molecule has 84 heavy (non-hydrogen) atoms. The summed E-state index contributed by atoms with van der Waals surface area (Å²) in [4.78, 5) is 82.9. The molecule has 4 aromatic rings. The second kappa shape index (κ2) is 22.2. The van der Waals surface area contributed by atoms with Crippen molar-refractivity contribution in [1.82, 2.24) is 10.9 Å². The molecule has 2 heterocycles.